The van der Waals surface area contributed by atoms with Crippen LogP contribution in [-0.4, -0.2) is 43.8 Å². The Kier molecular flexibility index (Phi) is 5.06. The van der Waals surface area contributed by atoms with Gasteiger partial charge >= 0.3 is 0 Å². The first-order valence-corrected chi connectivity index (χ1v) is 9.59. The highest BCUT2D eigenvalue weighted by Gasteiger charge is 2.23. The van der Waals surface area contributed by atoms with E-state index >= 15 is 0 Å². The molecule has 2 aliphatic rings. The third kappa shape index (κ3) is 4.13. The van der Waals surface area contributed by atoms with E-state index in [4.69, 9.17) is 4.52 Å². The van der Waals surface area contributed by atoms with E-state index in [2.05, 4.69) is 22.0 Å². The van der Waals surface area contributed by atoms with Crippen molar-refractivity contribution in [3.63, 3.8) is 0 Å². The topological polar surface area (TPSA) is 59.2 Å². The fourth-order valence-corrected chi connectivity index (χ4v) is 4.78. The standard InChI is InChI=1S/C15H25N3O2S/c1-12-9-18(7-8-21(19)11-12)10-14-16-15(20-17-14)13-5-3-2-4-6-13/h12-13H,2-11H2,1H3. The largest absolute Gasteiger partial charge is 0.339 e. The molecule has 2 heterocycles. The summed E-state index contributed by atoms with van der Waals surface area (Å²) in [5, 5.41) is 4.16. The maximum absolute atomic E-state index is 11.7. The summed E-state index contributed by atoms with van der Waals surface area (Å²) in [4.78, 5) is 6.92. The molecule has 0 spiro atoms. The SMILES string of the molecule is CC1CN(Cc2noc(C3CCCCC3)n2)CCS(=O)C1. The molecule has 2 atom stereocenters. The third-order valence-electron chi connectivity index (χ3n) is 4.48. The van der Waals surface area contributed by atoms with Crippen LogP contribution in [0.1, 0.15) is 56.7 Å². The Morgan fingerprint density at radius 3 is 2.95 bits per heavy atom. The van der Waals surface area contributed by atoms with E-state index in [-0.39, 0.29) is 0 Å². The monoisotopic (exact) mass is 311 g/mol. The lowest BCUT2D eigenvalue weighted by molar-refractivity contribution is 0.245. The normalized spacial score (nSPS) is 29.4. The van der Waals surface area contributed by atoms with Gasteiger partial charge in [-0.1, -0.05) is 31.3 Å². The van der Waals surface area contributed by atoms with Crippen LogP contribution in [0.3, 0.4) is 0 Å². The fraction of sp³-hybridized carbons (Fsp3) is 0.867. The van der Waals surface area contributed by atoms with Crippen molar-refractivity contribution in [1.29, 1.82) is 0 Å². The van der Waals surface area contributed by atoms with E-state index in [1.807, 2.05) is 0 Å². The first-order chi connectivity index (χ1) is 10.2. The zero-order valence-electron chi connectivity index (χ0n) is 12.8. The highest BCUT2D eigenvalue weighted by atomic mass is 32.2. The number of rotatable bonds is 3. The number of hydrogen-bond acceptors (Lipinski definition) is 5. The Hall–Kier alpha value is -0.750. The summed E-state index contributed by atoms with van der Waals surface area (Å²) in [6.45, 7) is 4.72. The van der Waals surface area contributed by atoms with Crippen LogP contribution in [0.15, 0.2) is 4.52 Å². The molecule has 1 aliphatic carbocycles. The van der Waals surface area contributed by atoms with E-state index in [9.17, 15) is 4.21 Å². The van der Waals surface area contributed by atoms with E-state index in [1.54, 1.807) is 0 Å². The van der Waals surface area contributed by atoms with Gasteiger partial charge in [-0.05, 0) is 18.8 Å². The first kappa shape index (κ1) is 15.2. The van der Waals surface area contributed by atoms with Crippen molar-refractivity contribution < 1.29 is 8.73 Å². The number of hydrogen-bond donors (Lipinski definition) is 0. The molecule has 2 fully saturated rings. The maximum atomic E-state index is 11.7. The molecule has 1 aromatic rings. The second-order valence-corrected chi connectivity index (χ2v) is 8.16. The second-order valence-electron chi connectivity index (χ2n) is 6.53. The smallest absolute Gasteiger partial charge is 0.229 e. The van der Waals surface area contributed by atoms with Crippen LogP contribution < -0.4 is 0 Å². The van der Waals surface area contributed by atoms with Crippen molar-refractivity contribution in [2.24, 2.45) is 5.92 Å². The molecule has 2 unspecified atom stereocenters. The van der Waals surface area contributed by atoms with E-state index in [0.29, 0.717) is 11.8 Å². The second kappa shape index (κ2) is 7.01. The summed E-state index contributed by atoms with van der Waals surface area (Å²) in [6.07, 6.45) is 6.25. The van der Waals surface area contributed by atoms with Gasteiger partial charge < -0.3 is 4.52 Å². The highest BCUT2D eigenvalue weighted by molar-refractivity contribution is 7.85. The van der Waals surface area contributed by atoms with Gasteiger partial charge in [-0.3, -0.25) is 9.11 Å². The summed E-state index contributed by atoms with van der Waals surface area (Å²) in [7, 11) is -0.671. The molecule has 0 amide bonds. The predicted molar refractivity (Wildman–Crippen MR) is 82.4 cm³/mol. The summed E-state index contributed by atoms with van der Waals surface area (Å²) in [5.41, 5.74) is 0. The van der Waals surface area contributed by atoms with Crippen LogP contribution >= 0.6 is 0 Å². The minimum atomic E-state index is -0.671. The van der Waals surface area contributed by atoms with E-state index in [0.717, 1.165) is 42.9 Å². The van der Waals surface area contributed by atoms with Crippen molar-refractivity contribution >= 4 is 10.8 Å². The Balaban J connectivity index is 1.59. The van der Waals surface area contributed by atoms with Crippen LogP contribution in [0.25, 0.3) is 0 Å². The molecular weight excluding hydrogens is 286 g/mol. The summed E-state index contributed by atoms with van der Waals surface area (Å²) < 4.78 is 17.2. The van der Waals surface area contributed by atoms with Gasteiger partial charge in [-0.15, -0.1) is 0 Å². The van der Waals surface area contributed by atoms with Crippen molar-refractivity contribution in [1.82, 2.24) is 15.0 Å². The lowest BCUT2D eigenvalue weighted by Gasteiger charge is -2.19. The predicted octanol–water partition coefficient (Wildman–Crippen LogP) is 2.32. The van der Waals surface area contributed by atoms with Gasteiger partial charge in [0, 0.05) is 41.3 Å². The van der Waals surface area contributed by atoms with E-state index < -0.39 is 10.8 Å². The fourth-order valence-electron chi connectivity index (χ4n) is 3.41. The molecule has 0 radical (unpaired) electrons. The molecular formula is C15H25N3O2S. The zero-order valence-corrected chi connectivity index (χ0v) is 13.6. The Bertz CT molecular complexity index is 485. The van der Waals surface area contributed by atoms with Gasteiger partial charge in [0.15, 0.2) is 5.82 Å². The molecule has 118 valence electrons. The van der Waals surface area contributed by atoms with Crippen molar-refractivity contribution in [2.45, 2.75) is 51.5 Å². The van der Waals surface area contributed by atoms with Crippen molar-refractivity contribution in [3.05, 3.63) is 11.7 Å². The van der Waals surface area contributed by atoms with E-state index in [1.165, 1.54) is 32.1 Å². The minimum Gasteiger partial charge on any atom is -0.339 e. The molecule has 0 N–H and O–H groups in total. The maximum Gasteiger partial charge on any atom is 0.229 e. The molecule has 1 saturated carbocycles. The molecule has 1 aromatic heterocycles. The van der Waals surface area contributed by atoms with Crippen LogP contribution in [-0.2, 0) is 17.3 Å². The zero-order chi connectivity index (χ0) is 14.7. The molecule has 3 rings (SSSR count). The Morgan fingerprint density at radius 1 is 1.33 bits per heavy atom. The Morgan fingerprint density at radius 2 is 2.14 bits per heavy atom. The molecule has 21 heavy (non-hydrogen) atoms. The average molecular weight is 311 g/mol. The molecule has 1 aliphatic heterocycles. The Labute approximate surface area is 128 Å². The van der Waals surface area contributed by atoms with Gasteiger partial charge in [0.25, 0.3) is 0 Å². The summed E-state index contributed by atoms with van der Waals surface area (Å²) >= 11 is 0. The first-order valence-electron chi connectivity index (χ1n) is 8.10. The molecule has 1 saturated heterocycles. The summed E-state index contributed by atoms with van der Waals surface area (Å²) in [6, 6.07) is 0. The lowest BCUT2D eigenvalue weighted by atomic mass is 9.89. The van der Waals surface area contributed by atoms with Gasteiger partial charge in [-0.25, -0.2) is 0 Å². The number of aromatic nitrogens is 2. The third-order valence-corrected chi connectivity index (χ3v) is 6.06. The minimum absolute atomic E-state index is 0.468. The van der Waals surface area contributed by atoms with Gasteiger partial charge in [0.05, 0.1) is 6.54 Å². The summed E-state index contributed by atoms with van der Waals surface area (Å²) in [5.74, 6) is 4.13. The van der Waals surface area contributed by atoms with Gasteiger partial charge in [0.1, 0.15) is 0 Å². The highest BCUT2D eigenvalue weighted by Crippen LogP contribution is 2.31. The van der Waals surface area contributed by atoms with Crippen molar-refractivity contribution in [3.8, 4) is 0 Å². The van der Waals surface area contributed by atoms with Crippen LogP contribution in [0.2, 0.25) is 0 Å². The van der Waals surface area contributed by atoms with Gasteiger partial charge in [0.2, 0.25) is 5.89 Å². The number of nitrogens with zero attached hydrogens (tertiary/aromatic N) is 3. The average Bonchev–Trinajstić information content (AvgIpc) is 2.87. The molecule has 5 nitrogen and oxygen atoms in total. The molecule has 6 heteroatoms. The lowest BCUT2D eigenvalue weighted by Crippen LogP contribution is -2.29. The quantitative estimate of drug-likeness (QED) is 0.857. The van der Waals surface area contributed by atoms with Crippen molar-refractivity contribution in [2.75, 3.05) is 24.6 Å². The van der Waals surface area contributed by atoms with Crippen LogP contribution in [0.5, 0.6) is 0 Å². The molecule has 0 aromatic carbocycles. The van der Waals surface area contributed by atoms with Crippen LogP contribution in [0, 0.1) is 5.92 Å². The van der Waals surface area contributed by atoms with Crippen LogP contribution in [0.4, 0.5) is 0 Å². The van der Waals surface area contributed by atoms with Gasteiger partial charge in [-0.2, -0.15) is 4.98 Å². The molecule has 0 bridgehead atoms.